The van der Waals surface area contributed by atoms with Gasteiger partial charge in [-0.05, 0) is 17.7 Å². The summed E-state index contributed by atoms with van der Waals surface area (Å²) in [6, 6.07) is 7.90. The summed E-state index contributed by atoms with van der Waals surface area (Å²) in [5.74, 6) is 0.717. The highest BCUT2D eigenvalue weighted by molar-refractivity contribution is 6.17. The van der Waals surface area contributed by atoms with E-state index in [-0.39, 0.29) is 6.07 Å². The predicted molar refractivity (Wildman–Crippen MR) is 59.0 cm³/mol. The van der Waals surface area contributed by atoms with Gasteiger partial charge in [-0.15, -0.1) is 0 Å². The number of aromatic nitrogens is 1. The van der Waals surface area contributed by atoms with Crippen molar-refractivity contribution in [2.24, 2.45) is 0 Å². The number of alkyl halides is 1. The summed E-state index contributed by atoms with van der Waals surface area (Å²) >= 11 is 5.54. The molecule has 0 radical (unpaired) electrons. The van der Waals surface area contributed by atoms with Crippen LogP contribution in [-0.4, -0.2) is 11.1 Å². The maximum atomic E-state index is 8.69. The van der Waals surface area contributed by atoms with Gasteiger partial charge in [0.25, 0.3) is 0 Å². The molecule has 0 spiro atoms. The van der Waals surface area contributed by atoms with Gasteiger partial charge in [0.15, 0.2) is 6.07 Å². The molecular formula is C11H9ClN2O. The van der Waals surface area contributed by atoms with Crippen molar-refractivity contribution in [1.29, 1.82) is 5.26 Å². The van der Waals surface area contributed by atoms with Crippen molar-refractivity contribution < 1.29 is 4.74 Å². The van der Waals surface area contributed by atoms with Gasteiger partial charge in [0.2, 0.25) is 0 Å². The highest BCUT2D eigenvalue weighted by atomic mass is 35.5. The molecule has 0 aliphatic carbocycles. The van der Waals surface area contributed by atoms with E-state index in [1.165, 1.54) is 0 Å². The van der Waals surface area contributed by atoms with Gasteiger partial charge in [-0.1, -0.05) is 17.7 Å². The van der Waals surface area contributed by atoms with Gasteiger partial charge >= 0.3 is 0 Å². The third kappa shape index (κ3) is 1.77. The Labute approximate surface area is 92.2 Å². The first kappa shape index (κ1) is 9.88. The molecule has 0 unspecified atom stereocenters. The van der Waals surface area contributed by atoms with Crippen LogP contribution in [0.3, 0.4) is 0 Å². The van der Waals surface area contributed by atoms with Crippen LogP contribution in [0.25, 0.3) is 10.9 Å². The van der Waals surface area contributed by atoms with E-state index in [1.807, 2.05) is 24.4 Å². The number of ether oxygens (including phenoxy) is 1. The van der Waals surface area contributed by atoms with Gasteiger partial charge < -0.3 is 9.72 Å². The number of halogens is 1. The fourth-order valence-corrected chi connectivity index (χ4v) is 1.74. The quantitative estimate of drug-likeness (QED) is 0.809. The number of nitrogens with zero attached hydrogens (tertiary/aromatic N) is 1. The van der Waals surface area contributed by atoms with Crippen LogP contribution in [0.4, 0.5) is 0 Å². The Hall–Kier alpha value is -1.66. The van der Waals surface area contributed by atoms with Crippen molar-refractivity contribution >= 4 is 22.5 Å². The van der Waals surface area contributed by atoms with E-state index < -0.39 is 0 Å². The topological polar surface area (TPSA) is 48.8 Å². The van der Waals surface area contributed by atoms with Crippen LogP contribution >= 0.6 is 11.6 Å². The summed E-state index contributed by atoms with van der Waals surface area (Å²) < 4.78 is 5.30. The van der Waals surface area contributed by atoms with E-state index in [0.29, 0.717) is 12.2 Å². The normalized spacial score (nSPS) is 10.1. The molecule has 0 aliphatic rings. The van der Waals surface area contributed by atoms with Gasteiger partial charge in [-0.2, -0.15) is 5.26 Å². The van der Waals surface area contributed by atoms with Crippen molar-refractivity contribution in [3.8, 4) is 11.8 Å². The van der Waals surface area contributed by atoms with Crippen LogP contribution < -0.4 is 4.74 Å². The highest BCUT2D eigenvalue weighted by Gasteiger charge is 2.08. The molecule has 76 valence electrons. The minimum atomic E-state index is 0.107. The first-order chi connectivity index (χ1) is 7.36. The molecule has 1 aromatic carbocycles. The zero-order valence-electron chi connectivity index (χ0n) is 7.96. The number of fused-ring (bicyclic) bond motifs is 1. The third-order valence-electron chi connectivity index (χ3n) is 2.23. The lowest BCUT2D eigenvalue weighted by Gasteiger charge is -2.04. The number of benzene rings is 1. The maximum absolute atomic E-state index is 8.69. The molecule has 1 N–H and O–H groups in total. The summed E-state index contributed by atoms with van der Waals surface area (Å²) in [5.41, 5.74) is 1.90. The lowest BCUT2D eigenvalue weighted by molar-refractivity contribution is 0.392. The second kappa shape index (κ2) is 4.24. The number of nitrogens with one attached hydrogen (secondary N) is 1. The van der Waals surface area contributed by atoms with Crippen LogP contribution in [0.15, 0.2) is 24.4 Å². The summed E-state index contributed by atoms with van der Waals surface area (Å²) in [5, 5.41) is 9.63. The number of nitriles is 1. The molecule has 0 aliphatic heterocycles. The predicted octanol–water partition coefficient (Wildman–Crippen LogP) is 2.81. The van der Waals surface area contributed by atoms with Crippen molar-refractivity contribution in [3.05, 3.63) is 30.0 Å². The van der Waals surface area contributed by atoms with E-state index in [1.54, 1.807) is 0 Å². The van der Waals surface area contributed by atoms with E-state index in [0.717, 1.165) is 16.5 Å². The van der Waals surface area contributed by atoms with Crippen molar-refractivity contribution in [1.82, 2.24) is 4.98 Å². The summed E-state index contributed by atoms with van der Waals surface area (Å²) in [6.07, 6.45) is 2.19. The Morgan fingerprint density at radius 2 is 2.33 bits per heavy atom. The second-order valence-electron chi connectivity index (χ2n) is 3.08. The number of rotatable bonds is 3. The van der Waals surface area contributed by atoms with Crippen LogP contribution in [0.5, 0.6) is 5.75 Å². The number of H-pyrrole nitrogens is 1. The summed E-state index contributed by atoms with van der Waals surface area (Å²) in [6.45, 7) is 0. The zero-order chi connectivity index (χ0) is 10.7. The molecule has 2 rings (SSSR count). The van der Waals surface area contributed by atoms with E-state index in [2.05, 4.69) is 11.1 Å². The minimum absolute atomic E-state index is 0.107. The van der Waals surface area contributed by atoms with Crippen LogP contribution in [0, 0.1) is 11.3 Å². The fraction of sp³-hybridized carbons (Fsp3) is 0.182. The standard InChI is InChI=1S/C11H9ClN2O/c12-7-15-10-3-1-2-9-11(10)8(4-5-13)6-14-9/h1-3,6,14H,4,7H2. The molecule has 0 saturated heterocycles. The lowest BCUT2D eigenvalue weighted by Crippen LogP contribution is -1.90. The largest absolute Gasteiger partial charge is 0.477 e. The third-order valence-corrected chi connectivity index (χ3v) is 2.34. The first-order valence-electron chi connectivity index (χ1n) is 4.51. The Kier molecular flexibility index (Phi) is 2.79. The minimum Gasteiger partial charge on any atom is -0.477 e. The van der Waals surface area contributed by atoms with Gasteiger partial charge in [0, 0.05) is 17.1 Å². The SMILES string of the molecule is N#CCc1c[nH]c2cccc(OCCl)c12. The van der Waals surface area contributed by atoms with Crippen LogP contribution in [-0.2, 0) is 6.42 Å². The molecule has 2 aromatic rings. The number of hydrogen-bond donors (Lipinski definition) is 1. The first-order valence-corrected chi connectivity index (χ1v) is 5.05. The van der Waals surface area contributed by atoms with E-state index in [4.69, 9.17) is 21.6 Å². The molecule has 0 fully saturated rings. The Morgan fingerprint density at radius 3 is 3.07 bits per heavy atom. The monoisotopic (exact) mass is 220 g/mol. The maximum Gasteiger partial charge on any atom is 0.162 e. The van der Waals surface area contributed by atoms with Gasteiger partial charge in [-0.25, -0.2) is 0 Å². The molecule has 0 saturated carbocycles. The van der Waals surface area contributed by atoms with E-state index >= 15 is 0 Å². The van der Waals surface area contributed by atoms with Gasteiger partial charge in [0.1, 0.15) is 5.75 Å². The number of hydrogen-bond acceptors (Lipinski definition) is 2. The molecule has 3 nitrogen and oxygen atoms in total. The Bertz CT molecular complexity index is 513. The van der Waals surface area contributed by atoms with Crippen molar-refractivity contribution in [3.63, 3.8) is 0 Å². The van der Waals surface area contributed by atoms with Crippen molar-refractivity contribution in [2.75, 3.05) is 6.07 Å². The van der Waals surface area contributed by atoms with Crippen LogP contribution in [0.2, 0.25) is 0 Å². The van der Waals surface area contributed by atoms with Gasteiger partial charge in [0.05, 0.1) is 12.5 Å². The molecule has 0 bridgehead atoms. The number of aromatic amines is 1. The average molecular weight is 221 g/mol. The lowest BCUT2D eigenvalue weighted by atomic mass is 10.1. The molecule has 0 atom stereocenters. The molecular weight excluding hydrogens is 212 g/mol. The fourth-order valence-electron chi connectivity index (χ4n) is 1.62. The van der Waals surface area contributed by atoms with Crippen molar-refractivity contribution in [2.45, 2.75) is 6.42 Å². The molecule has 1 heterocycles. The Balaban J connectivity index is 2.59. The zero-order valence-corrected chi connectivity index (χ0v) is 8.71. The Morgan fingerprint density at radius 1 is 1.47 bits per heavy atom. The summed E-state index contributed by atoms with van der Waals surface area (Å²) in [4.78, 5) is 3.10. The molecule has 0 amide bonds. The smallest absolute Gasteiger partial charge is 0.162 e. The summed E-state index contributed by atoms with van der Waals surface area (Å²) in [7, 11) is 0. The molecule has 1 aromatic heterocycles. The second-order valence-corrected chi connectivity index (χ2v) is 3.30. The highest BCUT2D eigenvalue weighted by Crippen LogP contribution is 2.29. The average Bonchev–Trinajstić information content (AvgIpc) is 2.64. The molecule has 15 heavy (non-hydrogen) atoms. The van der Waals surface area contributed by atoms with Crippen LogP contribution in [0.1, 0.15) is 5.56 Å². The molecule has 4 heteroatoms. The van der Waals surface area contributed by atoms with Gasteiger partial charge in [-0.3, -0.25) is 0 Å². The van der Waals surface area contributed by atoms with E-state index in [9.17, 15) is 0 Å².